The van der Waals surface area contributed by atoms with Crippen molar-refractivity contribution in [3.05, 3.63) is 42.1 Å². The molecule has 0 saturated carbocycles. The van der Waals surface area contributed by atoms with E-state index in [9.17, 15) is 0 Å². The zero-order valence-electron chi connectivity index (χ0n) is 15.8. The number of aromatic nitrogens is 3. The van der Waals surface area contributed by atoms with Crippen LogP contribution >= 0.6 is 0 Å². The Morgan fingerprint density at radius 3 is 3.04 bits per heavy atom. The molecule has 7 heteroatoms. The lowest BCUT2D eigenvalue weighted by Crippen LogP contribution is -2.50. The number of aryl methyl sites for hydroxylation is 1. The lowest BCUT2D eigenvalue weighted by Gasteiger charge is -2.43. The van der Waals surface area contributed by atoms with Crippen molar-refractivity contribution in [1.29, 1.82) is 5.26 Å². The van der Waals surface area contributed by atoms with Crippen LogP contribution in [0.25, 0.3) is 0 Å². The van der Waals surface area contributed by atoms with Crippen molar-refractivity contribution in [3.8, 4) is 6.07 Å². The molecule has 0 aromatic carbocycles. The van der Waals surface area contributed by atoms with Crippen LogP contribution in [0.5, 0.6) is 0 Å². The van der Waals surface area contributed by atoms with Gasteiger partial charge in [-0.1, -0.05) is 6.07 Å². The Labute approximate surface area is 160 Å². The molecule has 4 rings (SSSR count). The first-order valence-corrected chi connectivity index (χ1v) is 9.56. The van der Waals surface area contributed by atoms with Crippen molar-refractivity contribution in [1.82, 2.24) is 19.4 Å². The van der Waals surface area contributed by atoms with Crippen molar-refractivity contribution in [3.63, 3.8) is 0 Å². The van der Waals surface area contributed by atoms with Gasteiger partial charge in [0.05, 0.1) is 19.8 Å². The fraction of sp³-hybridized carbons (Fsp3) is 0.550. The van der Waals surface area contributed by atoms with Crippen molar-refractivity contribution in [2.45, 2.75) is 19.4 Å². The molecule has 2 fully saturated rings. The Morgan fingerprint density at radius 2 is 2.22 bits per heavy atom. The molecule has 4 heterocycles. The van der Waals surface area contributed by atoms with Crippen molar-refractivity contribution in [2.75, 3.05) is 44.3 Å². The molecular weight excluding hydrogens is 340 g/mol. The summed E-state index contributed by atoms with van der Waals surface area (Å²) in [4.78, 5) is 13.8. The average molecular weight is 366 g/mol. The maximum absolute atomic E-state index is 9.17. The summed E-state index contributed by atoms with van der Waals surface area (Å²) < 4.78 is 8.11. The van der Waals surface area contributed by atoms with Crippen molar-refractivity contribution < 1.29 is 4.74 Å². The monoisotopic (exact) mass is 366 g/mol. The van der Waals surface area contributed by atoms with Gasteiger partial charge in [-0.05, 0) is 31.5 Å². The highest BCUT2D eigenvalue weighted by Gasteiger charge is 2.39. The molecule has 0 unspecified atom stereocenters. The number of rotatable bonds is 3. The average Bonchev–Trinajstić information content (AvgIpc) is 2.97. The van der Waals surface area contributed by atoms with E-state index in [1.165, 1.54) is 0 Å². The number of likely N-dealkylation sites (tertiary alicyclic amines) is 1. The summed E-state index contributed by atoms with van der Waals surface area (Å²) >= 11 is 0. The van der Waals surface area contributed by atoms with E-state index in [-0.39, 0.29) is 5.41 Å². The van der Waals surface area contributed by atoms with Gasteiger partial charge in [-0.25, -0.2) is 9.97 Å². The quantitative estimate of drug-likeness (QED) is 0.825. The Morgan fingerprint density at radius 1 is 1.30 bits per heavy atom. The molecule has 7 nitrogen and oxygen atoms in total. The van der Waals surface area contributed by atoms with Crippen LogP contribution in [0.3, 0.4) is 0 Å². The van der Waals surface area contributed by atoms with Crippen molar-refractivity contribution >= 4 is 5.82 Å². The van der Waals surface area contributed by atoms with Gasteiger partial charge >= 0.3 is 0 Å². The second-order valence-corrected chi connectivity index (χ2v) is 7.74. The van der Waals surface area contributed by atoms with E-state index in [1.54, 1.807) is 6.07 Å². The number of pyridine rings is 1. The van der Waals surface area contributed by atoms with Crippen molar-refractivity contribution in [2.24, 2.45) is 12.5 Å². The number of hydrogen-bond donors (Lipinski definition) is 0. The van der Waals surface area contributed by atoms with Gasteiger partial charge in [0.15, 0.2) is 0 Å². The van der Waals surface area contributed by atoms with Crippen LogP contribution in [0.1, 0.15) is 24.4 Å². The van der Waals surface area contributed by atoms with Gasteiger partial charge in [-0.3, -0.25) is 4.90 Å². The first-order valence-electron chi connectivity index (χ1n) is 9.56. The third kappa shape index (κ3) is 3.97. The summed E-state index contributed by atoms with van der Waals surface area (Å²) in [6.07, 6.45) is 6.17. The standard InChI is InChI=1S/C20H26N6O/c1-24-9-7-22-19(24)13-25-8-3-6-20(14-25)15-26(10-11-27-16-20)18-5-2-4-17(12-21)23-18/h2,4-5,7,9H,3,6,8,10-11,13-16H2,1H3/t20-/m1/s1. The molecule has 0 bridgehead atoms. The minimum Gasteiger partial charge on any atom is -0.379 e. The highest BCUT2D eigenvalue weighted by atomic mass is 16.5. The van der Waals surface area contributed by atoms with Crippen LogP contribution in [0, 0.1) is 16.7 Å². The predicted molar refractivity (Wildman–Crippen MR) is 102 cm³/mol. The molecule has 2 aromatic rings. The van der Waals surface area contributed by atoms with E-state index >= 15 is 0 Å². The number of nitriles is 1. The topological polar surface area (TPSA) is 70.2 Å². The first-order chi connectivity index (χ1) is 13.2. The molecule has 0 amide bonds. The Bertz CT molecular complexity index is 828. The lowest BCUT2D eigenvalue weighted by atomic mass is 9.80. The maximum Gasteiger partial charge on any atom is 0.142 e. The number of imidazole rings is 1. The van der Waals surface area contributed by atoms with Gasteiger partial charge in [-0.15, -0.1) is 0 Å². The van der Waals surface area contributed by atoms with E-state index in [2.05, 4.69) is 30.4 Å². The third-order valence-electron chi connectivity index (χ3n) is 5.64. The fourth-order valence-corrected chi connectivity index (χ4v) is 4.29. The molecule has 27 heavy (non-hydrogen) atoms. The van der Waals surface area contributed by atoms with E-state index in [1.807, 2.05) is 31.6 Å². The summed E-state index contributed by atoms with van der Waals surface area (Å²) in [7, 11) is 2.05. The minimum atomic E-state index is 0.0875. The molecule has 1 atom stereocenters. The number of ether oxygens (including phenoxy) is 1. The Kier molecular flexibility index (Phi) is 5.10. The van der Waals surface area contributed by atoms with E-state index in [0.717, 1.165) is 63.8 Å². The molecule has 142 valence electrons. The molecule has 0 N–H and O–H groups in total. The molecule has 1 spiro atoms. The number of nitrogens with zero attached hydrogens (tertiary/aromatic N) is 6. The van der Waals surface area contributed by atoms with Crippen LogP contribution in [0.4, 0.5) is 5.82 Å². The van der Waals surface area contributed by atoms with Gasteiger partial charge in [-0.2, -0.15) is 5.26 Å². The molecular formula is C20H26N6O. The van der Waals surface area contributed by atoms with E-state index in [4.69, 9.17) is 10.00 Å². The largest absolute Gasteiger partial charge is 0.379 e. The SMILES string of the molecule is Cn1ccnc1CN1CCC[C@@]2(COCCN(c3cccc(C#N)n3)C2)C1. The molecule has 2 aliphatic rings. The van der Waals surface area contributed by atoms with Gasteiger partial charge < -0.3 is 14.2 Å². The molecule has 2 saturated heterocycles. The lowest BCUT2D eigenvalue weighted by molar-refractivity contribution is 0.00967. The molecule has 0 radical (unpaired) electrons. The number of piperidine rings is 1. The highest BCUT2D eigenvalue weighted by Crippen LogP contribution is 2.34. The predicted octanol–water partition coefficient (Wildman–Crippen LogP) is 1.81. The number of anilines is 1. The number of hydrogen-bond acceptors (Lipinski definition) is 6. The van der Waals surface area contributed by atoms with Gasteiger partial charge in [0.1, 0.15) is 23.4 Å². The van der Waals surface area contributed by atoms with Crippen LogP contribution in [0.15, 0.2) is 30.6 Å². The van der Waals surface area contributed by atoms with Crippen LogP contribution in [0.2, 0.25) is 0 Å². The van der Waals surface area contributed by atoms with E-state index < -0.39 is 0 Å². The maximum atomic E-state index is 9.17. The van der Waals surface area contributed by atoms with Crippen LogP contribution in [-0.2, 0) is 18.3 Å². The summed E-state index contributed by atoms with van der Waals surface area (Å²) in [5, 5.41) is 9.17. The fourth-order valence-electron chi connectivity index (χ4n) is 4.29. The molecule has 0 aliphatic carbocycles. The smallest absolute Gasteiger partial charge is 0.142 e. The van der Waals surface area contributed by atoms with Gasteiger partial charge in [0, 0.05) is 44.5 Å². The minimum absolute atomic E-state index is 0.0875. The second kappa shape index (κ2) is 7.67. The zero-order chi connectivity index (χ0) is 18.7. The molecule has 2 aromatic heterocycles. The second-order valence-electron chi connectivity index (χ2n) is 7.74. The first kappa shape index (κ1) is 18.0. The Hall–Kier alpha value is -2.43. The zero-order valence-corrected chi connectivity index (χ0v) is 15.8. The van der Waals surface area contributed by atoms with Gasteiger partial charge in [0.2, 0.25) is 0 Å². The highest BCUT2D eigenvalue weighted by molar-refractivity contribution is 5.42. The third-order valence-corrected chi connectivity index (χ3v) is 5.64. The summed E-state index contributed by atoms with van der Waals surface area (Å²) in [6, 6.07) is 7.80. The van der Waals surface area contributed by atoms with Gasteiger partial charge in [0.25, 0.3) is 0 Å². The summed E-state index contributed by atoms with van der Waals surface area (Å²) in [5.41, 5.74) is 0.552. The Balaban J connectivity index is 1.51. The molecule has 2 aliphatic heterocycles. The summed E-state index contributed by atoms with van der Waals surface area (Å²) in [5.74, 6) is 1.97. The van der Waals surface area contributed by atoms with Crippen LogP contribution in [-0.4, -0.2) is 58.8 Å². The van der Waals surface area contributed by atoms with Crippen LogP contribution < -0.4 is 4.90 Å². The normalized spacial score (nSPS) is 23.9. The van der Waals surface area contributed by atoms with E-state index in [0.29, 0.717) is 12.3 Å². The summed E-state index contributed by atoms with van der Waals surface area (Å²) in [6.45, 7) is 6.14.